The highest BCUT2D eigenvalue weighted by molar-refractivity contribution is 6.34. The van der Waals surface area contributed by atoms with Crippen molar-refractivity contribution in [1.82, 2.24) is 0 Å². The molecule has 0 radical (unpaired) electrons. The number of fused-ring (bicyclic) bond motifs is 1. The second kappa shape index (κ2) is 6.53. The van der Waals surface area contributed by atoms with Crippen molar-refractivity contribution < 1.29 is 14.4 Å². The molecule has 5 nitrogen and oxygen atoms in total. The first-order valence-corrected chi connectivity index (χ1v) is 8.50. The summed E-state index contributed by atoms with van der Waals surface area (Å²) in [4.78, 5) is 38.9. The van der Waals surface area contributed by atoms with Crippen LogP contribution in [-0.4, -0.2) is 17.7 Å². The normalized spacial score (nSPS) is 12.9. The SMILES string of the molecule is Cc1cccc(NC(=O)c2cccc(N3C(=O)c4ccccc4C3=O)c2)c1. The van der Waals surface area contributed by atoms with Gasteiger partial charge in [-0.2, -0.15) is 0 Å². The lowest BCUT2D eigenvalue weighted by Crippen LogP contribution is -2.29. The maximum atomic E-state index is 12.6. The molecule has 3 amide bonds. The molecular formula is C22H16N2O3. The van der Waals surface area contributed by atoms with Crippen molar-refractivity contribution in [1.29, 1.82) is 0 Å². The van der Waals surface area contributed by atoms with Gasteiger partial charge in [0.15, 0.2) is 0 Å². The molecule has 0 saturated carbocycles. The highest BCUT2D eigenvalue weighted by atomic mass is 16.2. The van der Waals surface area contributed by atoms with Crippen LogP contribution in [0.15, 0.2) is 72.8 Å². The molecule has 3 aromatic carbocycles. The third-order valence-corrected chi connectivity index (χ3v) is 4.44. The van der Waals surface area contributed by atoms with Crippen LogP contribution in [0.2, 0.25) is 0 Å². The minimum absolute atomic E-state index is 0.306. The summed E-state index contributed by atoms with van der Waals surface area (Å²) in [5.41, 5.74) is 3.21. The van der Waals surface area contributed by atoms with E-state index in [1.165, 1.54) is 0 Å². The number of anilines is 2. The van der Waals surface area contributed by atoms with Crippen LogP contribution < -0.4 is 10.2 Å². The fourth-order valence-corrected chi connectivity index (χ4v) is 3.14. The lowest BCUT2D eigenvalue weighted by atomic mass is 10.1. The van der Waals surface area contributed by atoms with Gasteiger partial charge in [-0.3, -0.25) is 14.4 Å². The molecule has 0 saturated heterocycles. The van der Waals surface area contributed by atoms with Crippen LogP contribution >= 0.6 is 0 Å². The van der Waals surface area contributed by atoms with Crippen molar-refractivity contribution >= 4 is 29.1 Å². The van der Waals surface area contributed by atoms with Crippen LogP contribution in [0.5, 0.6) is 0 Å². The second-order valence-electron chi connectivity index (χ2n) is 6.37. The Kier molecular flexibility index (Phi) is 4.05. The van der Waals surface area contributed by atoms with E-state index >= 15 is 0 Å². The van der Waals surface area contributed by atoms with E-state index in [4.69, 9.17) is 0 Å². The summed E-state index contributed by atoms with van der Waals surface area (Å²) < 4.78 is 0. The molecule has 3 aromatic rings. The molecule has 4 rings (SSSR count). The largest absolute Gasteiger partial charge is 0.322 e. The van der Waals surface area contributed by atoms with Crippen molar-refractivity contribution in [2.75, 3.05) is 10.2 Å². The van der Waals surface area contributed by atoms with Crippen LogP contribution in [0.1, 0.15) is 36.6 Å². The molecule has 1 N–H and O–H groups in total. The Balaban J connectivity index is 1.63. The van der Waals surface area contributed by atoms with E-state index in [2.05, 4.69) is 5.32 Å². The van der Waals surface area contributed by atoms with Crippen LogP contribution in [0.25, 0.3) is 0 Å². The Morgan fingerprint density at radius 1 is 0.815 bits per heavy atom. The fraction of sp³-hybridized carbons (Fsp3) is 0.0455. The molecule has 0 atom stereocenters. The van der Waals surface area contributed by atoms with E-state index in [9.17, 15) is 14.4 Å². The number of nitrogens with zero attached hydrogens (tertiary/aromatic N) is 1. The number of rotatable bonds is 3. The standard InChI is InChI=1S/C22H16N2O3/c1-14-6-4-8-16(12-14)23-20(25)15-7-5-9-17(13-15)24-21(26)18-10-2-3-11-19(18)22(24)27/h2-13H,1H3,(H,23,25). The highest BCUT2D eigenvalue weighted by Gasteiger charge is 2.36. The summed E-state index contributed by atoms with van der Waals surface area (Å²) in [5, 5.41) is 2.83. The second-order valence-corrected chi connectivity index (χ2v) is 6.37. The third kappa shape index (κ3) is 3.00. The molecule has 0 fully saturated rings. The molecule has 132 valence electrons. The minimum Gasteiger partial charge on any atom is -0.322 e. The molecule has 0 aromatic heterocycles. The van der Waals surface area contributed by atoms with Gasteiger partial charge in [0.25, 0.3) is 17.7 Å². The first-order valence-electron chi connectivity index (χ1n) is 8.50. The van der Waals surface area contributed by atoms with Gasteiger partial charge in [0.05, 0.1) is 16.8 Å². The van der Waals surface area contributed by atoms with Crippen LogP contribution in [-0.2, 0) is 0 Å². The van der Waals surface area contributed by atoms with E-state index in [1.807, 2.05) is 25.1 Å². The molecule has 1 aliphatic rings. The van der Waals surface area contributed by atoms with Gasteiger partial charge in [0, 0.05) is 11.3 Å². The number of carbonyl (C=O) groups is 3. The number of hydrogen-bond donors (Lipinski definition) is 1. The van der Waals surface area contributed by atoms with Crippen LogP contribution in [0.3, 0.4) is 0 Å². The molecule has 0 unspecified atom stereocenters. The summed E-state index contributed by atoms with van der Waals surface area (Å²) in [6.45, 7) is 1.94. The zero-order chi connectivity index (χ0) is 19.0. The van der Waals surface area contributed by atoms with E-state index in [0.29, 0.717) is 28.1 Å². The van der Waals surface area contributed by atoms with Gasteiger partial charge in [-0.25, -0.2) is 4.90 Å². The molecule has 5 heteroatoms. The van der Waals surface area contributed by atoms with Gasteiger partial charge in [0.1, 0.15) is 0 Å². The number of hydrogen-bond acceptors (Lipinski definition) is 3. The predicted octanol–water partition coefficient (Wildman–Crippen LogP) is 4.05. The van der Waals surface area contributed by atoms with Gasteiger partial charge in [-0.1, -0.05) is 30.3 Å². The Morgan fingerprint density at radius 3 is 2.15 bits per heavy atom. The zero-order valence-corrected chi connectivity index (χ0v) is 14.6. The highest BCUT2D eigenvalue weighted by Crippen LogP contribution is 2.28. The Hall–Kier alpha value is -3.73. The average Bonchev–Trinajstić information content (AvgIpc) is 2.93. The van der Waals surface area contributed by atoms with Gasteiger partial charge < -0.3 is 5.32 Å². The number of imide groups is 1. The summed E-state index contributed by atoms with van der Waals surface area (Å²) in [7, 11) is 0. The predicted molar refractivity (Wildman–Crippen MR) is 103 cm³/mol. The first-order chi connectivity index (χ1) is 13.0. The Morgan fingerprint density at radius 2 is 1.48 bits per heavy atom. The lowest BCUT2D eigenvalue weighted by molar-refractivity contribution is 0.0924. The summed E-state index contributed by atoms with van der Waals surface area (Å²) in [6.07, 6.45) is 0. The monoisotopic (exact) mass is 356 g/mol. The average molecular weight is 356 g/mol. The number of carbonyl (C=O) groups excluding carboxylic acids is 3. The minimum atomic E-state index is -0.383. The van der Waals surface area contributed by atoms with Crippen molar-refractivity contribution in [2.24, 2.45) is 0 Å². The van der Waals surface area contributed by atoms with Crippen molar-refractivity contribution in [2.45, 2.75) is 6.92 Å². The van der Waals surface area contributed by atoms with E-state index in [-0.39, 0.29) is 17.7 Å². The van der Waals surface area contributed by atoms with Gasteiger partial charge in [-0.15, -0.1) is 0 Å². The quantitative estimate of drug-likeness (QED) is 0.720. The first kappa shape index (κ1) is 16.7. The molecular weight excluding hydrogens is 340 g/mol. The third-order valence-electron chi connectivity index (χ3n) is 4.44. The van der Waals surface area contributed by atoms with Crippen molar-refractivity contribution in [3.05, 3.63) is 95.1 Å². The topological polar surface area (TPSA) is 66.5 Å². The van der Waals surface area contributed by atoms with Crippen molar-refractivity contribution in [3.63, 3.8) is 0 Å². The maximum Gasteiger partial charge on any atom is 0.266 e. The molecule has 0 aliphatic carbocycles. The Bertz CT molecular complexity index is 1050. The smallest absolute Gasteiger partial charge is 0.266 e. The summed E-state index contributed by atoms with van der Waals surface area (Å²) >= 11 is 0. The fourth-order valence-electron chi connectivity index (χ4n) is 3.14. The molecule has 1 aliphatic heterocycles. The molecule has 0 bridgehead atoms. The number of nitrogens with one attached hydrogen (secondary N) is 1. The van der Waals surface area contributed by atoms with E-state index in [0.717, 1.165) is 10.5 Å². The van der Waals surface area contributed by atoms with E-state index < -0.39 is 0 Å². The van der Waals surface area contributed by atoms with Crippen LogP contribution in [0.4, 0.5) is 11.4 Å². The van der Waals surface area contributed by atoms with E-state index in [1.54, 1.807) is 54.6 Å². The maximum absolute atomic E-state index is 12.6. The Labute approximate surface area is 156 Å². The summed E-state index contributed by atoms with van der Waals surface area (Å²) in [5.74, 6) is -1.07. The van der Waals surface area contributed by atoms with Crippen molar-refractivity contribution in [3.8, 4) is 0 Å². The summed E-state index contributed by atoms with van der Waals surface area (Å²) in [6, 6.07) is 20.7. The van der Waals surface area contributed by atoms with Gasteiger partial charge in [0.2, 0.25) is 0 Å². The number of aryl methyl sites for hydroxylation is 1. The van der Waals surface area contributed by atoms with Crippen LogP contribution in [0, 0.1) is 6.92 Å². The number of amides is 3. The lowest BCUT2D eigenvalue weighted by Gasteiger charge is -2.15. The molecule has 27 heavy (non-hydrogen) atoms. The van der Waals surface area contributed by atoms with Gasteiger partial charge in [-0.05, 0) is 55.0 Å². The molecule has 0 spiro atoms. The zero-order valence-electron chi connectivity index (χ0n) is 14.6. The van der Waals surface area contributed by atoms with Gasteiger partial charge >= 0.3 is 0 Å². The molecule has 1 heterocycles. The number of benzene rings is 3.